The molecule has 0 spiro atoms. The first kappa shape index (κ1) is 27.4. The zero-order valence-electron chi connectivity index (χ0n) is 51.5. The Labute approximate surface area is 429 Å². The number of aromatic nitrogens is 2. The number of benzene rings is 11. The lowest BCUT2D eigenvalue weighted by Gasteiger charge is -2.26. The van der Waals surface area contributed by atoms with Crippen LogP contribution in [0.2, 0.25) is 0 Å². The summed E-state index contributed by atoms with van der Waals surface area (Å²) in [4.78, 5) is 3.53. The van der Waals surface area contributed by atoms with Crippen LogP contribution in [-0.4, -0.2) is 8.80 Å². The molecule has 0 amide bonds. The van der Waals surface area contributed by atoms with Crippen molar-refractivity contribution in [1.82, 2.24) is 8.80 Å². The Morgan fingerprint density at radius 2 is 0.722 bits per heavy atom. The second-order valence-corrected chi connectivity index (χ2v) is 18.1. The Bertz CT molecular complexity index is 5560. The number of anilines is 6. The van der Waals surface area contributed by atoms with Gasteiger partial charge in [-0.3, -0.25) is 0 Å². The largest absolute Gasteiger partial charge is 0.456 e. The van der Waals surface area contributed by atoms with Crippen molar-refractivity contribution in [2.75, 3.05) is 9.80 Å². The summed E-state index contributed by atoms with van der Waals surface area (Å²) in [6.45, 7) is 0. The van der Waals surface area contributed by atoms with Gasteiger partial charge in [0, 0.05) is 87.4 Å². The molecule has 0 saturated heterocycles. The Morgan fingerprint density at radius 1 is 0.319 bits per heavy atom. The summed E-state index contributed by atoms with van der Waals surface area (Å²) in [6.07, 6.45) is 0. The molecule has 6 nitrogen and oxygen atoms in total. The molecule has 6 aromatic heterocycles. The number of rotatable bonds is 6. The van der Waals surface area contributed by atoms with E-state index in [1.807, 2.05) is 146 Å². The molecule has 72 heavy (non-hydrogen) atoms. The van der Waals surface area contributed by atoms with Crippen molar-refractivity contribution in [2.45, 2.75) is 0 Å². The van der Waals surface area contributed by atoms with Crippen molar-refractivity contribution in [3.05, 3.63) is 230 Å². The minimum atomic E-state index is -0.548. The lowest BCUT2D eigenvalue weighted by molar-refractivity contribution is 0.668. The van der Waals surface area contributed by atoms with Crippen molar-refractivity contribution in [3.63, 3.8) is 0 Å². The Morgan fingerprint density at radius 3 is 1.19 bits per heavy atom. The van der Waals surface area contributed by atoms with Crippen LogP contribution in [0, 0.1) is 0 Å². The summed E-state index contributed by atoms with van der Waals surface area (Å²) in [6, 6.07) is 38.1. The molecule has 0 aliphatic heterocycles. The standard InChI is InChI=1S/C66H38N4O2/c1-3-15-39(16-4-1)67(41-31-33-61-51(35-41)43-19-7-9-29-59(43)71-61)53-25-13-27-55-63(53)47-23-11-21-45-49-38-58-50(37-57(49)69(55)65(45)47)46-22-12-24-48-64-54(26-14-28-56(64)70(58)66(46)48)68(40-17-5-2-6-18-40)42-32-34-62-52(36-42)44-20-8-10-30-60(44)72-62/h1-38H/i11D,12D,13D,14D,21D,22D,23D,24D,25D,26D,27D,28D,37D,38D. The fraction of sp³-hybridized carbons (Fsp3) is 0. The predicted molar refractivity (Wildman–Crippen MR) is 300 cm³/mol. The Kier molecular flexibility index (Phi) is 5.31. The highest BCUT2D eigenvalue weighted by atomic mass is 16.3. The summed E-state index contributed by atoms with van der Waals surface area (Å²) < 4.78 is 153. The molecule has 6 heteroatoms. The van der Waals surface area contributed by atoms with E-state index < -0.39 is 60.4 Å². The second kappa shape index (κ2) is 13.9. The molecule has 6 heterocycles. The van der Waals surface area contributed by atoms with E-state index in [2.05, 4.69) is 0 Å². The molecule has 0 saturated carbocycles. The monoisotopic (exact) mass is 932 g/mol. The van der Waals surface area contributed by atoms with Crippen LogP contribution in [0.25, 0.3) is 120 Å². The normalized spacial score (nSPS) is 15.2. The van der Waals surface area contributed by atoms with Crippen LogP contribution in [-0.2, 0) is 0 Å². The lowest BCUT2D eigenvalue weighted by Crippen LogP contribution is -2.10. The molecule has 0 radical (unpaired) electrons. The van der Waals surface area contributed by atoms with Gasteiger partial charge in [0.2, 0.25) is 0 Å². The molecule has 0 N–H and O–H groups in total. The minimum absolute atomic E-state index is 0.0316. The molecule has 17 rings (SSSR count). The summed E-state index contributed by atoms with van der Waals surface area (Å²) in [7, 11) is 0. The van der Waals surface area contributed by atoms with Gasteiger partial charge in [0.15, 0.2) is 0 Å². The Balaban J connectivity index is 1.04. The lowest BCUT2D eigenvalue weighted by atomic mass is 10.0. The number of fused-ring (bicyclic) bond motifs is 18. The van der Waals surface area contributed by atoms with E-state index in [0.717, 1.165) is 21.5 Å². The fourth-order valence-electron chi connectivity index (χ4n) is 11.4. The molecular weight excluding hydrogens is 881 g/mol. The summed E-state index contributed by atoms with van der Waals surface area (Å²) >= 11 is 0. The third-order valence-corrected chi connectivity index (χ3v) is 14.4. The maximum atomic E-state index is 10.6. The van der Waals surface area contributed by atoms with Gasteiger partial charge in [-0.05, 0) is 109 Å². The molecule has 0 atom stereocenters. The van der Waals surface area contributed by atoms with Gasteiger partial charge in [-0.1, -0.05) is 121 Å². The molecule has 0 aliphatic carbocycles. The van der Waals surface area contributed by atoms with E-state index in [0.29, 0.717) is 45.1 Å². The van der Waals surface area contributed by atoms with Crippen LogP contribution in [0.3, 0.4) is 0 Å². The molecular formula is C66H38N4O2. The third kappa shape index (κ3) is 4.97. The van der Waals surface area contributed by atoms with Crippen LogP contribution >= 0.6 is 0 Å². The van der Waals surface area contributed by atoms with Gasteiger partial charge in [0.05, 0.1) is 63.7 Å². The van der Waals surface area contributed by atoms with Crippen LogP contribution in [0.5, 0.6) is 0 Å². The molecule has 0 unspecified atom stereocenters. The average Bonchev–Trinajstić information content (AvgIpc) is 1.49. The van der Waals surface area contributed by atoms with Crippen molar-refractivity contribution < 1.29 is 28.0 Å². The SMILES string of the molecule is [2H]c1c([2H])c([2H])c2c(c1N(c1ccccc1)c1ccc3oc4ccccc4c3c1)c1c([2H])c([2H])c([2H])c3c4c([2H])c5c(c([2H])c4n2c13)c1c([2H])c([2H])c([2H])c2c3c(N(c4ccccc4)c4ccc6oc7ccccc7c6c4)c([2H])c([2H])c([2H])c3n5c21. The summed E-state index contributed by atoms with van der Waals surface area (Å²) in [5, 5.41) is 3.28. The number of furan rings is 2. The molecule has 0 aliphatic rings. The van der Waals surface area contributed by atoms with Crippen molar-refractivity contribution >= 4 is 154 Å². The van der Waals surface area contributed by atoms with E-state index in [1.54, 1.807) is 9.80 Å². The second-order valence-electron chi connectivity index (χ2n) is 18.1. The van der Waals surface area contributed by atoms with Gasteiger partial charge in [-0.15, -0.1) is 0 Å². The predicted octanol–water partition coefficient (Wildman–Crippen LogP) is 18.7. The first-order chi connectivity index (χ1) is 41.6. The van der Waals surface area contributed by atoms with Crippen molar-refractivity contribution in [2.24, 2.45) is 0 Å². The van der Waals surface area contributed by atoms with E-state index in [1.165, 1.54) is 8.80 Å². The maximum absolute atomic E-state index is 10.6. The van der Waals surface area contributed by atoms with Gasteiger partial charge in [-0.25, -0.2) is 0 Å². The van der Waals surface area contributed by atoms with E-state index in [-0.39, 0.29) is 112 Å². The smallest absolute Gasteiger partial charge is 0.135 e. The van der Waals surface area contributed by atoms with E-state index >= 15 is 0 Å². The number of hydrogen-bond donors (Lipinski definition) is 0. The zero-order valence-corrected chi connectivity index (χ0v) is 37.5. The highest BCUT2D eigenvalue weighted by molar-refractivity contribution is 6.31. The highest BCUT2D eigenvalue weighted by Gasteiger charge is 2.27. The van der Waals surface area contributed by atoms with Gasteiger partial charge >= 0.3 is 0 Å². The molecule has 17 aromatic rings. The first-order valence-electron chi connectivity index (χ1n) is 30.5. The van der Waals surface area contributed by atoms with Gasteiger partial charge in [-0.2, -0.15) is 0 Å². The first-order valence-corrected chi connectivity index (χ1v) is 23.5. The minimum Gasteiger partial charge on any atom is -0.456 e. The summed E-state index contributed by atoms with van der Waals surface area (Å²) in [5.74, 6) is 0. The van der Waals surface area contributed by atoms with E-state index in [4.69, 9.17) is 8.83 Å². The average molecular weight is 933 g/mol. The van der Waals surface area contributed by atoms with Crippen LogP contribution < -0.4 is 9.80 Å². The van der Waals surface area contributed by atoms with Gasteiger partial charge in [0.25, 0.3) is 0 Å². The van der Waals surface area contributed by atoms with Crippen molar-refractivity contribution in [3.8, 4) is 0 Å². The molecule has 0 bridgehead atoms. The van der Waals surface area contributed by atoms with Crippen LogP contribution in [0.4, 0.5) is 34.1 Å². The topological polar surface area (TPSA) is 41.6 Å². The zero-order chi connectivity index (χ0) is 58.9. The van der Waals surface area contributed by atoms with Crippen LogP contribution in [0.15, 0.2) is 239 Å². The Hall–Kier alpha value is -9.78. The highest BCUT2D eigenvalue weighted by Crippen LogP contribution is 2.51. The van der Waals surface area contributed by atoms with Crippen LogP contribution in [0.1, 0.15) is 19.2 Å². The molecule has 11 aromatic carbocycles. The summed E-state index contributed by atoms with van der Waals surface area (Å²) in [5.41, 5.74) is 4.75. The van der Waals surface area contributed by atoms with Gasteiger partial charge < -0.3 is 27.4 Å². The molecule has 0 fully saturated rings. The number of hydrogen-bond acceptors (Lipinski definition) is 4. The molecule has 334 valence electrons. The fourth-order valence-corrected chi connectivity index (χ4v) is 11.4. The van der Waals surface area contributed by atoms with Gasteiger partial charge in [0.1, 0.15) is 22.3 Å². The third-order valence-electron chi connectivity index (χ3n) is 14.4. The number of para-hydroxylation sites is 6. The van der Waals surface area contributed by atoms with Crippen molar-refractivity contribution in [1.29, 1.82) is 0 Å². The quantitative estimate of drug-likeness (QED) is 0.167. The van der Waals surface area contributed by atoms with E-state index in [9.17, 15) is 19.2 Å². The number of nitrogens with zero attached hydrogens (tertiary/aromatic N) is 4. The maximum Gasteiger partial charge on any atom is 0.135 e.